The zero-order chi connectivity index (χ0) is 15.6. The number of halogens is 2. The Bertz CT molecular complexity index is 398. The van der Waals surface area contributed by atoms with Crippen molar-refractivity contribution in [2.24, 2.45) is 5.92 Å². The minimum atomic E-state index is -2.31. The molecule has 120 valence electrons. The molecular weight excluding hydrogens is 280 g/mol. The highest BCUT2D eigenvalue weighted by molar-refractivity contribution is 5.88. The van der Waals surface area contributed by atoms with Gasteiger partial charge < -0.3 is 15.1 Å². The number of carbonyl (C=O) groups excluding carboxylic acids is 2. The summed E-state index contributed by atoms with van der Waals surface area (Å²) in [7, 11) is 0. The zero-order valence-electron chi connectivity index (χ0n) is 12.5. The Balaban J connectivity index is 1.86. The van der Waals surface area contributed by atoms with Crippen LogP contribution < -0.4 is 5.32 Å². The van der Waals surface area contributed by atoms with Crippen LogP contribution in [0.4, 0.5) is 13.6 Å². The second kappa shape index (κ2) is 6.58. The van der Waals surface area contributed by atoms with E-state index in [1.54, 1.807) is 9.80 Å². The molecule has 0 radical (unpaired) electrons. The quantitative estimate of drug-likeness (QED) is 0.859. The maximum absolute atomic E-state index is 12.4. The van der Waals surface area contributed by atoms with E-state index in [9.17, 15) is 18.4 Å². The third kappa shape index (κ3) is 3.83. The van der Waals surface area contributed by atoms with E-state index in [0.29, 0.717) is 26.1 Å². The molecule has 21 heavy (non-hydrogen) atoms. The Labute approximate surface area is 123 Å². The van der Waals surface area contributed by atoms with Crippen molar-refractivity contribution in [3.8, 4) is 0 Å². The Hall–Kier alpha value is -1.40. The Morgan fingerprint density at radius 1 is 1.29 bits per heavy atom. The summed E-state index contributed by atoms with van der Waals surface area (Å²) in [6, 6.07) is -0.630. The third-order valence-corrected chi connectivity index (χ3v) is 3.99. The van der Waals surface area contributed by atoms with Gasteiger partial charge in [-0.3, -0.25) is 4.79 Å². The maximum atomic E-state index is 12.4. The van der Waals surface area contributed by atoms with Crippen molar-refractivity contribution in [2.45, 2.75) is 51.6 Å². The highest BCUT2D eigenvalue weighted by atomic mass is 19.3. The second-order valence-electron chi connectivity index (χ2n) is 6.19. The van der Waals surface area contributed by atoms with Crippen molar-refractivity contribution in [1.82, 2.24) is 15.1 Å². The van der Waals surface area contributed by atoms with Crippen LogP contribution >= 0.6 is 0 Å². The van der Waals surface area contributed by atoms with E-state index in [0.717, 1.165) is 6.42 Å². The number of carbonyl (C=O) groups is 2. The summed E-state index contributed by atoms with van der Waals surface area (Å²) in [5, 5.41) is 2.80. The van der Waals surface area contributed by atoms with Gasteiger partial charge in [-0.2, -0.15) is 0 Å². The first-order valence-electron chi connectivity index (χ1n) is 7.52. The molecule has 2 rings (SSSR count). The van der Waals surface area contributed by atoms with Gasteiger partial charge in [0, 0.05) is 32.1 Å². The largest absolute Gasteiger partial charge is 0.340 e. The summed E-state index contributed by atoms with van der Waals surface area (Å²) in [4.78, 5) is 27.6. The molecule has 0 bridgehead atoms. The molecule has 2 fully saturated rings. The molecule has 0 unspecified atom stereocenters. The molecule has 0 spiro atoms. The van der Waals surface area contributed by atoms with Gasteiger partial charge in [-0.1, -0.05) is 0 Å². The fourth-order valence-electron chi connectivity index (χ4n) is 2.96. The van der Waals surface area contributed by atoms with Gasteiger partial charge in [0.25, 0.3) is 0 Å². The predicted octanol–water partition coefficient (Wildman–Crippen LogP) is 1.68. The van der Waals surface area contributed by atoms with Crippen molar-refractivity contribution in [2.75, 3.05) is 19.6 Å². The van der Waals surface area contributed by atoms with Crippen LogP contribution in [-0.4, -0.2) is 59.9 Å². The number of likely N-dealkylation sites (tertiary alicyclic amines) is 2. The van der Waals surface area contributed by atoms with Gasteiger partial charge in [0.2, 0.25) is 12.3 Å². The Morgan fingerprint density at radius 3 is 2.52 bits per heavy atom. The van der Waals surface area contributed by atoms with Gasteiger partial charge in [-0.15, -0.1) is 0 Å². The Morgan fingerprint density at radius 2 is 1.95 bits per heavy atom. The van der Waals surface area contributed by atoms with Crippen LogP contribution in [0.3, 0.4) is 0 Å². The first-order valence-corrected chi connectivity index (χ1v) is 7.52. The van der Waals surface area contributed by atoms with E-state index in [-0.39, 0.29) is 30.3 Å². The van der Waals surface area contributed by atoms with Crippen LogP contribution in [-0.2, 0) is 4.79 Å². The van der Waals surface area contributed by atoms with Crippen LogP contribution in [0.1, 0.15) is 33.1 Å². The lowest BCUT2D eigenvalue weighted by Crippen LogP contribution is -2.58. The van der Waals surface area contributed by atoms with Gasteiger partial charge >= 0.3 is 6.03 Å². The number of nitrogens with zero attached hydrogens (tertiary/aromatic N) is 2. The van der Waals surface area contributed by atoms with E-state index in [4.69, 9.17) is 0 Å². The molecular formula is C14H23F2N3O2. The van der Waals surface area contributed by atoms with E-state index < -0.39 is 12.5 Å². The predicted molar refractivity (Wildman–Crippen MR) is 74.1 cm³/mol. The molecule has 2 aliphatic heterocycles. The van der Waals surface area contributed by atoms with Crippen molar-refractivity contribution >= 4 is 11.9 Å². The third-order valence-electron chi connectivity index (χ3n) is 3.99. The molecule has 7 heteroatoms. The lowest BCUT2D eigenvalue weighted by molar-refractivity contribution is -0.142. The van der Waals surface area contributed by atoms with Crippen molar-refractivity contribution in [3.05, 3.63) is 0 Å². The number of hydrogen-bond donors (Lipinski definition) is 1. The van der Waals surface area contributed by atoms with Crippen LogP contribution in [0.5, 0.6) is 0 Å². The Kier molecular flexibility index (Phi) is 5.00. The molecule has 1 atom stereocenters. The molecule has 0 aromatic carbocycles. The van der Waals surface area contributed by atoms with Gasteiger partial charge in [0.1, 0.15) is 6.04 Å². The number of alkyl halides is 2. The molecule has 0 aromatic rings. The van der Waals surface area contributed by atoms with Crippen molar-refractivity contribution in [3.63, 3.8) is 0 Å². The lowest BCUT2D eigenvalue weighted by atomic mass is 9.95. The fraction of sp³-hybridized carbons (Fsp3) is 0.857. The number of urea groups is 1. The van der Waals surface area contributed by atoms with Gasteiger partial charge in [-0.05, 0) is 32.6 Å². The fourth-order valence-corrected chi connectivity index (χ4v) is 2.96. The molecule has 0 aliphatic carbocycles. The SMILES string of the molecule is CC(C)NC(=O)N1CCC[C@H]1C(=O)N1CC(CC(F)F)C1. The van der Waals surface area contributed by atoms with E-state index in [1.807, 2.05) is 13.8 Å². The van der Waals surface area contributed by atoms with E-state index in [1.165, 1.54) is 0 Å². The minimum absolute atomic E-state index is 0.0216. The maximum Gasteiger partial charge on any atom is 0.318 e. The van der Waals surface area contributed by atoms with Gasteiger partial charge in [-0.25, -0.2) is 13.6 Å². The van der Waals surface area contributed by atoms with Crippen molar-refractivity contribution in [1.29, 1.82) is 0 Å². The molecule has 2 heterocycles. The smallest absolute Gasteiger partial charge is 0.318 e. The summed E-state index contributed by atoms with van der Waals surface area (Å²) in [5.41, 5.74) is 0. The minimum Gasteiger partial charge on any atom is -0.340 e. The molecule has 5 nitrogen and oxygen atoms in total. The monoisotopic (exact) mass is 303 g/mol. The van der Waals surface area contributed by atoms with E-state index >= 15 is 0 Å². The van der Waals surface area contributed by atoms with Gasteiger partial charge in [0.05, 0.1) is 0 Å². The molecule has 2 aliphatic rings. The summed E-state index contributed by atoms with van der Waals surface area (Å²) in [5.74, 6) is -0.204. The standard InChI is InChI=1S/C14H23F2N3O2/c1-9(2)17-14(21)19-5-3-4-11(19)13(20)18-7-10(8-18)6-12(15)16/h9-12H,3-8H2,1-2H3,(H,17,21)/t11-/m0/s1. The number of amides is 3. The molecule has 2 saturated heterocycles. The van der Waals surface area contributed by atoms with Crippen LogP contribution in [0, 0.1) is 5.92 Å². The highest BCUT2D eigenvalue weighted by Crippen LogP contribution is 2.27. The number of hydrogen-bond acceptors (Lipinski definition) is 2. The van der Waals surface area contributed by atoms with Crippen LogP contribution in [0.15, 0.2) is 0 Å². The van der Waals surface area contributed by atoms with Gasteiger partial charge in [0.15, 0.2) is 0 Å². The number of nitrogens with one attached hydrogen (secondary N) is 1. The number of rotatable bonds is 4. The lowest BCUT2D eigenvalue weighted by Gasteiger charge is -2.41. The second-order valence-corrected chi connectivity index (χ2v) is 6.19. The molecule has 1 N–H and O–H groups in total. The molecule has 0 saturated carbocycles. The summed E-state index contributed by atoms with van der Waals surface area (Å²) >= 11 is 0. The average Bonchev–Trinajstić information content (AvgIpc) is 2.80. The average molecular weight is 303 g/mol. The topological polar surface area (TPSA) is 52.7 Å². The van der Waals surface area contributed by atoms with E-state index in [2.05, 4.69) is 5.32 Å². The van der Waals surface area contributed by atoms with Crippen LogP contribution in [0.2, 0.25) is 0 Å². The highest BCUT2D eigenvalue weighted by Gasteiger charge is 2.41. The van der Waals surface area contributed by atoms with Crippen molar-refractivity contribution < 1.29 is 18.4 Å². The summed E-state index contributed by atoms with van der Waals surface area (Å²) in [6.07, 6.45) is -1.00. The molecule has 0 aromatic heterocycles. The first kappa shape index (κ1) is 16.0. The normalized spacial score (nSPS) is 22.9. The summed E-state index contributed by atoms with van der Waals surface area (Å²) < 4.78 is 24.5. The summed E-state index contributed by atoms with van der Waals surface area (Å²) in [6.45, 7) is 5.09. The first-order chi connectivity index (χ1) is 9.88. The zero-order valence-corrected chi connectivity index (χ0v) is 12.5. The molecule has 3 amide bonds. The van der Waals surface area contributed by atoms with Crippen LogP contribution in [0.25, 0.3) is 0 Å².